The van der Waals surface area contributed by atoms with Crippen LogP contribution in [0, 0.1) is 29.1 Å². The van der Waals surface area contributed by atoms with Gasteiger partial charge in [-0.05, 0) is 18.2 Å². The van der Waals surface area contributed by atoms with Crippen molar-refractivity contribution in [3.05, 3.63) is 64.5 Å². The molecule has 0 aliphatic carbocycles. The average Bonchev–Trinajstić information content (AvgIpc) is 2.43. The summed E-state index contributed by atoms with van der Waals surface area (Å²) in [7, 11) is 0. The number of phenols is 1. The fraction of sp³-hybridized carbons (Fsp3) is 0. The van der Waals surface area contributed by atoms with Crippen molar-refractivity contribution in [1.82, 2.24) is 0 Å². The van der Waals surface area contributed by atoms with Crippen molar-refractivity contribution in [3.63, 3.8) is 0 Å². The van der Waals surface area contributed by atoms with Crippen molar-refractivity contribution >= 4 is 5.78 Å². The van der Waals surface area contributed by atoms with Crippen molar-refractivity contribution in [2.24, 2.45) is 0 Å². The molecule has 0 saturated heterocycles. The molecule has 0 heterocycles. The minimum atomic E-state index is -1.98. The smallest absolute Gasteiger partial charge is 0.204 e. The lowest BCUT2D eigenvalue weighted by Crippen LogP contribution is -2.08. The van der Waals surface area contributed by atoms with Gasteiger partial charge in [-0.15, -0.1) is 0 Å². The van der Waals surface area contributed by atoms with Crippen LogP contribution in [0.25, 0.3) is 0 Å². The van der Waals surface area contributed by atoms with Gasteiger partial charge in [-0.3, -0.25) is 4.79 Å². The van der Waals surface area contributed by atoms with Gasteiger partial charge in [-0.2, -0.15) is 4.39 Å². The Morgan fingerprint density at radius 2 is 1.50 bits per heavy atom. The first-order chi connectivity index (χ1) is 9.34. The van der Waals surface area contributed by atoms with Gasteiger partial charge in [-0.1, -0.05) is 6.07 Å². The van der Waals surface area contributed by atoms with Crippen LogP contribution in [0.4, 0.5) is 22.0 Å². The molecule has 0 aliphatic heterocycles. The molecule has 2 nitrogen and oxygen atoms in total. The minimum Gasteiger partial charge on any atom is -0.504 e. The van der Waals surface area contributed by atoms with E-state index in [1.807, 2.05) is 0 Å². The van der Waals surface area contributed by atoms with Crippen LogP contribution in [-0.4, -0.2) is 10.9 Å². The second kappa shape index (κ2) is 4.92. The average molecular weight is 288 g/mol. The molecule has 1 N–H and O–H groups in total. The van der Waals surface area contributed by atoms with E-state index in [9.17, 15) is 31.9 Å². The molecule has 0 atom stereocenters. The fourth-order valence-electron chi connectivity index (χ4n) is 1.58. The van der Waals surface area contributed by atoms with Gasteiger partial charge in [0.25, 0.3) is 0 Å². The molecule has 0 aromatic heterocycles. The zero-order valence-corrected chi connectivity index (χ0v) is 9.55. The Bertz CT molecular complexity index is 712. The number of benzene rings is 2. The third kappa shape index (κ3) is 2.11. The number of hydrogen-bond donors (Lipinski definition) is 1. The molecule has 20 heavy (non-hydrogen) atoms. The number of aromatic hydroxyl groups is 1. The van der Waals surface area contributed by atoms with Crippen molar-refractivity contribution in [1.29, 1.82) is 0 Å². The van der Waals surface area contributed by atoms with E-state index in [2.05, 4.69) is 0 Å². The lowest BCUT2D eigenvalue weighted by atomic mass is 10.0. The monoisotopic (exact) mass is 288 g/mol. The second-order valence-corrected chi connectivity index (χ2v) is 3.81. The molecule has 0 saturated carbocycles. The number of rotatable bonds is 2. The normalized spacial score (nSPS) is 10.7. The molecule has 0 unspecified atom stereocenters. The predicted octanol–water partition coefficient (Wildman–Crippen LogP) is 3.32. The molecular formula is C13H5F5O2. The zero-order chi connectivity index (χ0) is 15.0. The van der Waals surface area contributed by atoms with E-state index in [1.165, 1.54) is 0 Å². The van der Waals surface area contributed by atoms with E-state index in [4.69, 9.17) is 0 Å². The van der Waals surface area contributed by atoms with E-state index in [-0.39, 0.29) is 6.07 Å². The first kappa shape index (κ1) is 14.0. The third-order valence-corrected chi connectivity index (χ3v) is 2.58. The van der Waals surface area contributed by atoms with Crippen LogP contribution in [0.1, 0.15) is 15.9 Å². The summed E-state index contributed by atoms with van der Waals surface area (Å²) in [5.41, 5.74) is -1.85. The number of carbonyl (C=O) groups excluding carboxylic acids is 1. The van der Waals surface area contributed by atoms with Crippen molar-refractivity contribution in [2.75, 3.05) is 0 Å². The Hall–Kier alpha value is -2.44. The highest BCUT2D eigenvalue weighted by molar-refractivity contribution is 6.10. The van der Waals surface area contributed by atoms with Gasteiger partial charge in [0.1, 0.15) is 0 Å². The molecule has 104 valence electrons. The summed E-state index contributed by atoms with van der Waals surface area (Å²) in [6.45, 7) is 0. The Morgan fingerprint density at radius 3 is 2.15 bits per heavy atom. The SMILES string of the molecule is O=C(c1cc(F)c(F)c(F)c1O)c1cccc(F)c1F. The first-order valence-electron chi connectivity index (χ1n) is 5.19. The van der Waals surface area contributed by atoms with Crippen LogP contribution in [0.5, 0.6) is 5.75 Å². The van der Waals surface area contributed by atoms with Crippen molar-refractivity contribution in [2.45, 2.75) is 0 Å². The van der Waals surface area contributed by atoms with Crippen molar-refractivity contribution < 1.29 is 31.9 Å². The maximum absolute atomic E-state index is 13.4. The lowest BCUT2D eigenvalue weighted by Gasteiger charge is -2.07. The molecular weight excluding hydrogens is 283 g/mol. The first-order valence-corrected chi connectivity index (χ1v) is 5.19. The molecule has 7 heteroatoms. The predicted molar refractivity (Wildman–Crippen MR) is 57.8 cm³/mol. The van der Waals surface area contributed by atoms with E-state index < -0.39 is 51.7 Å². The highest BCUT2D eigenvalue weighted by Crippen LogP contribution is 2.28. The summed E-state index contributed by atoms with van der Waals surface area (Å²) < 4.78 is 65.4. The number of halogens is 5. The summed E-state index contributed by atoms with van der Waals surface area (Å²) in [4.78, 5) is 11.8. The third-order valence-electron chi connectivity index (χ3n) is 2.58. The van der Waals surface area contributed by atoms with E-state index in [0.29, 0.717) is 0 Å². The molecule has 2 rings (SSSR count). The van der Waals surface area contributed by atoms with Gasteiger partial charge in [0.2, 0.25) is 5.82 Å². The van der Waals surface area contributed by atoms with E-state index >= 15 is 0 Å². The topological polar surface area (TPSA) is 37.3 Å². The molecule has 2 aromatic carbocycles. The van der Waals surface area contributed by atoms with Gasteiger partial charge in [-0.25, -0.2) is 17.6 Å². The summed E-state index contributed by atoms with van der Waals surface area (Å²) in [6.07, 6.45) is 0. The van der Waals surface area contributed by atoms with Crippen LogP contribution < -0.4 is 0 Å². The summed E-state index contributed by atoms with van der Waals surface area (Å²) in [6, 6.07) is 2.80. The van der Waals surface area contributed by atoms with Crippen molar-refractivity contribution in [3.8, 4) is 5.75 Å². The maximum atomic E-state index is 13.4. The van der Waals surface area contributed by atoms with Gasteiger partial charge < -0.3 is 5.11 Å². The van der Waals surface area contributed by atoms with Crippen LogP contribution in [-0.2, 0) is 0 Å². The van der Waals surface area contributed by atoms with Gasteiger partial charge in [0, 0.05) is 0 Å². The minimum absolute atomic E-state index is 0.209. The second-order valence-electron chi connectivity index (χ2n) is 3.81. The van der Waals surface area contributed by atoms with Crippen LogP contribution in [0.3, 0.4) is 0 Å². The lowest BCUT2D eigenvalue weighted by molar-refractivity contribution is 0.103. The van der Waals surface area contributed by atoms with Gasteiger partial charge >= 0.3 is 0 Å². The highest BCUT2D eigenvalue weighted by atomic mass is 19.2. The number of hydrogen-bond acceptors (Lipinski definition) is 2. The Kier molecular flexibility index (Phi) is 3.44. The quantitative estimate of drug-likeness (QED) is 0.523. The van der Waals surface area contributed by atoms with E-state index in [1.54, 1.807) is 0 Å². The zero-order valence-electron chi connectivity index (χ0n) is 9.55. The summed E-state index contributed by atoms with van der Waals surface area (Å²) >= 11 is 0. The molecule has 0 aliphatic rings. The van der Waals surface area contributed by atoms with Crippen LogP contribution in [0.2, 0.25) is 0 Å². The number of ketones is 1. The largest absolute Gasteiger partial charge is 0.504 e. The van der Waals surface area contributed by atoms with Crippen LogP contribution >= 0.6 is 0 Å². The molecule has 0 fully saturated rings. The molecule has 0 spiro atoms. The Labute approximate surface area is 109 Å². The Balaban J connectivity index is 2.63. The van der Waals surface area contributed by atoms with E-state index in [0.717, 1.165) is 18.2 Å². The summed E-state index contributed by atoms with van der Waals surface area (Å²) in [5.74, 6) is -11.4. The summed E-state index contributed by atoms with van der Waals surface area (Å²) in [5, 5.41) is 9.28. The molecule has 0 amide bonds. The molecule has 2 aromatic rings. The Morgan fingerprint density at radius 1 is 0.850 bits per heavy atom. The van der Waals surface area contributed by atoms with Crippen LogP contribution in [0.15, 0.2) is 24.3 Å². The number of phenolic OH excluding ortho intramolecular Hbond substituents is 1. The number of carbonyl (C=O) groups is 1. The molecule has 0 bridgehead atoms. The standard InChI is InChI=1S/C13H5F5O2/c14-7-3-1-2-5(9(7)16)12(19)6-4-8(15)10(17)11(18)13(6)20/h1-4,20H. The van der Waals surface area contributed by atoms with Gasteiger partial charge in [0.15, 0.2) is 34.8 Å². The van der Waals surface area contributed by atoms with Gasteiger partial charge in [0.05, 0.1) is 11.1 Å². The fourth-order valence-corrected chi connectivity index (χ4v) is 1.58. The molecule has 0 radical (unpaired) electrons. The highest BCUT2D eigenvalue weighted by Gasteiger charge is 2.25. The maximum Gasteiger partial charge on any atom is 0.204 e.